The molecule has 0 bridgehead atoms. The van der Waals surface area contributed by atoms with Crippen molar-refractivity contribution in [3.63, 3.8) is 0 Å². The fourth-order valence-electron chi connectivity index (χ4n) is 8.72. The third kappa shape index (κ3) is 9.19. The number of benzene rings is 1. The maximum Gasteiger partial charge on any atom is 0.327 e. The number of carbonyl (C=O) groups is 5. The summed E-state index contributed by atoms with van der Waals surface area (Å²) in [6, 6.07) is 3.72. The number of nitrogens with zero attached hydrogens (tertiary/aromatic N) is 1. The topological polar surface area (TPSA) is 192 Å². The van der Waals surface area contributed by atoms with E-state index in [-0.39, 0.29) is 35.9 Å². The van der Waals surface area contributed by atoms with Gasteiger partial charge in [-0.3, -0.25) is 24.0 Å². The third-order valence-electron chi connectivity index (χ3n) is 12.0. The largest absolute Gasteiger partial charge is 0.381 e. The van der Waals surface area contributed by atoms with E-state index in [1.807, 2.05) is 46.8 Å². The van der Waals surface area contributed by atoms with Gasteiger partial charge in [-0.15, -0.1) is 0 Å². The number of nitrogens with two attached hydrogens (primary N) is 1. The SMILES string of the molecule is CC(C)C1=CCN(C(=O)[C@@H](NC(=O)NC2(CC3CCC(=O)c4ccccc4C3=[OH+])CCCCC2)C(C)(C)C)[C@@H]1C(=O)NC(CC1CCC1)C(O)C(N)=O. The van der Waals surface area contributed by atoms with E-state index in [1.165, 1.54) is 4.90 Å². The van der Waals surface area contributed by atoms with E-state index in [1.54, 1.807) is 18.2 Å². The Morgan fingerprint density at radius 2 is 1.66 bits per heavy atom. The van der Waals surface area contributed by atoms with Gasteiger partial charge in [-0.2, -0.15) is 0 Å². The minimum atomic E-state index is -1.57. The predicted octanol–water partition coefficient (Wildman–Crippen LogP) is 4.29. The van der Waals surface area contributed by atoms with Crippen LogP contribution in [0.3, 0.4) is 0 Å². The van der Waals surface area contributed by atoms with Crippen LogP contribution in [-0.2, 0) is 14.4 Å². The lowest BCUT2D eigenvalue weighted by molar-refractivity contribution is -0.142. The molecule has 1 aliphatic heterocycles. The summed E-state index contributed by atoms with van der Waals surface area (Å²) < 4.78 is 0. The Morgan fingerprint density at radius 3 is 2.25 bits per heavy atom. The van der Waals surface area contributed by atoms with E-state index in [4.69, 9.17) is 5.73 Å². The zero-order valence-corrected chi connectivity index (χ0v) is 32.1. The number of Topliss-reactive ketones (excluding diaryl/α,β-unsaturated/α-hetero) is 1. The highest BCUT2D eigenvalue weighted by atomic mass is 16.3. The molecule has 12 nitrogen and oxygen atoms in total. The van der Waals surface area contributed by atoms with Gasteiger partial charge in [0.15, 0.2) is 11.9 Å². The lowest BCUT2D eigenvalue weighted by Crippen LogP contribution is -2.63. The Hall–Kier alpha value is -4.06. The molecule has 7 N–H and O–H groups in total. The molecule has 0 radical (unpaired) electrons. The molecule has 5 atom stereocenters. The molecule has 0 spiro atoms. The van der Waals surface area contributed by atoms with Gasteiger partial charge in [0.1, 0.15) is 12.1 Å². The third-order valence-corrected chi connectivity index (χ3v) is 12.0. The summed E-state index contributed by atoms with van der Waals surface area (Å²) in [7, 11) is 0. The summed E-state index contributed by atoms with van der Waals surface area (Å²) in [6.45, 7) is 9.63. The summed E-state index contributed by atoms with van der Waals surface area (Å²) in [6.07, 6.45) is 9.08. The molecule has 2 saturated carbocycles. The zero-order chi connectivity index (χ0) is 38.7. The molecular weight excluding hydrogens is 674 g/mol. The van der Waals surface area contributed by atoms with E-state index >= 15 is 0 Å². The van der Waals surface area contributed by atoms with Crippen LogP contribution in [-0.4, -0.2) is 86.4 Å². The summed E-state index contributed by atoms with van der Waals surface area (Å²) in [4.78, 5) is 80.6. The van der Waals surface area contributed by atoms with Gasteiger partial charge in [0.25, 0.3) is 0 Å². The van der Waals surface area contributed by atoms with Crippen molar-refractivity contribution in [3.05, 3.63) is 47.0 Å². The molecule has 1 aromatic carbocycles. The molecule has 5 amide bonds. The first-order valence-corrected chi connectivity index (χ1v) is 19.6. The first kappa shape index (κ1) is 40.1. The number of urea groups is 1. The number of nitrogens with one attached hydrogen (secondary N) is 3. The Labute approximate surface area is 313 Å². The van der Waals surface area contributed by atoms with Gasteiger partial charge in [0.2, 0.25) is 17.7 Å². The Morgan fingerprint density at radius 1 is 1.00 bits per heavy atom. The van der Waals surface area contributed by atoms with Gasteiger partial charge >= 0.3 is 11.8 Å². The van der Waals surface area contributed by atoms with Gasteiger partial charge in [-0.05, 0) is 61.0 Å². The Bertz CT molecular complexity index is 1600. The van der Waals surface area contributed by atoms with Gasteiger partial charge in [-0.25, -0.2) is 4.79 Å². The molecule has 5 rings (SSSR count). The van der Waals surface area contributed by atoms with Crippen LogP contribution in [0.4, 0.5) is 4.79 Å². The number of hydrogen-bond acceptors (Lipinski definition) is 6. The second-order valence-corrected chi connectivity index (χ2v) is 17.3. The second kappa shape index (κ2) is 16.5. The monoisotopic (exact) mass is 734 g/mol. The number of hydrogen-bond donors (Lipinski definition) is 5. The summed E-state index contributed by atoms with van der Waals surface area (Å²) in [5, 5.41) is 19.8. The first-order chi connectivity index (χ1) is 25.0. The van der Waals surface area contributed by atoms with E-state index in [2.05, 4.69) is 16.0 Å². The molecule has 0 saturated heterocycles. The van der Waals surface area contributed by atoms with Crippen LogP contribution in [0.1, 0.15) is 128 Å². The number of carbonyl (C=O) groups excluding carboxylic acids is 6. The fourth-order valence-corrected chi connectivity index (χ4v) is 8.72. The summed E-state index contributed by atoms with van der Waals surface area (Å²) in [5.41, 5.74) is 5.86. The average molecular weight is 735 g/mol. The second-order valence-electron chi connectivity index (χ2n) is 17.3. The fraction of sp³-hybridized carbons (Fsp3) is 0.659. The molecule has 290 valence electrons. The number of amides is 5. The molecule has 1 heterocycles. The summed E-state index contributed by atoms with van der Waals surface area (Å²) >= 11 is 0. The number of rotatable bonds is 12. The van der Waals surface area contributed by atoms with Crippen molar-refractivity contribution in [1.82, 2.24) is 20.9 Å². The minimum Gasteiger partial charge on any atom is -0.381 e. The molecule has 3 aliphatic carbocycles. The zero-order valence-electron chi connectivity index (χ0n) is 32.1. The van der Waals surface area contributed by atoms with Crippen LogP contribution in [0.2, 0.25) is 0 Å². The van der Waals surface area contributed by atoms with Crippen molar-refractivity contribution in [2.75, 3.05) is 6.54 Å². The number of aliphatic hydroxyl groups excluding tert-OH is 1. The van der Waals surface area contributed by atoms with Gasteiger partial charge < -0.3 is 31.7 Å². The molecule has 2 fully saturated rings. The molecule has 0 aromatic heterocycles. The summed E-state index contributed by atoms with van der Waals surface area (Å²) in [5.74, 6) is -1.82. The lowest BCUT2D eigenvalue weighted by atomic mass is 9.73. The van der Waals surface area contributed by atoms with Crippen LogP contribution in [0, 0.1) is 23.2 Å². The van der Waals surface area contributed by atoms with Crippen LogP contribution in [0.5, 0.6) is 0 Å². The van der Waals surface area contributed by atoms with Crippen LogP contribution in [0.25, 0.3) is 0 Å². The average Bonchev–Trinajstić information content (AvgIpc) is 3.50. The van der Waals surface area contributed by atoms with Crippen molar-refractivity contribution in [2.45, 2.75) is 141 Å². The van der Waals surface area contributed by atoms with Crippen molar-refractivity contribution in [3.8, 4) is 0 Å². The molecular formula is C41H60N5O7+. The van der Waals surface area contributed by atoms with Crippen molar-refractivity contribution in [2.24, 2.45) is 28.9 Å². The van der Waals surface area contributed by atoms with E-state index in [0.717, 1.165) is 44.1 Å². The predicted molar refractivity (Wildman–Crippen MR) is 202 cm³/mol. The minimum absolute atomic E-state index is 0.00785. The molecule has 53 heavy (non-hydrogen) atoms. The van der Waals surface area contributed by atoms with Gasteiger partial charge in [0, 0.05) is 24.1 Å². The van der Waals surface area contributed by atoms with Crippen LogP contribution >= 0.6 is 0 Å². The standard InChI is InChI=1S/C41H59N5O7/c1-24(2)27-18-21-46(32(27)37(51)43-30(34(49)36(42)50)22-25-12-11-13-25)38(52)35(40(3,4)5)44-39(53)45-41(19-9-6-10-20-41)23-26-16-17-31(47)28-14-7-8-15-29(28)33(26)48/h7-8,14-15,18,24-26,30,32,34-35,49H,6,9-13,16-17,19-23H2,1-5H3,(H2,42,50)(H,43,51)(H2,44,45,53)/p+1/t26?,30?,32-,34?,35+/m0/s1. The number of aliphatic hydroxyl groups is 1. The highest BCUT2D eigenvalue weighted by molar-refractivity contribution is 6.11. The molecule has 3 unspecified atom stereocenters. The van der Waals surface area contributed by atoms with E-state index in [0.29, 0.717) is 49.7 Å². The first-order valence-electron chi connectivity index (χ1n) is 19.6. The van der Waals surface area contributed by atoms with Crippen molar-refractivity contribution in [1.29, 1.82) is 0 Å². The van der Waals surface area contributed by atoms with E-state index in [9.17, 15) is 33.9 Å². The quantitative estimate of drug-likeness (QED) is 0.121. The van der Waals surface area contributed by atoms with Gasteiger partial charge in [-0.1, -0.05) is 97.4 Å². The Balaban J connectivity index is 1.34. The van der Waals surface area contributed by atoms with Crippen molar-refractivity contribution >= 4 is 35.3 Å². The molecule has 4 aliphatic rings. The highest BCUT2D eigenvalue weighted by Crippen LogP contribution is 2.38. The maximum absolute atomic E-state index is 14.6. The smallest absolute Gasteiger partial charge is 0.327 e. The number of primary amides is 1. The number of ketones is 2. The normalized spacial score (nSPS) is 23.5. The highest BCUT2D eigenvalue weighted by Gasteiger charge is 2.47. The van der Waals surface area contributed by atoms with Crippen molar-refractivity contribution < 1.29 is 33.9 Å². The molecule has 1 aromatic rings. The maximum atomic E-state index is 14.6. The Kier molecular flexibility index (Phi) is 12.5. The van der Waals surface area contributed by atoms with Crippen LogP contribution < -0.4 is 21.7 Å². The van der Waals surface area contributed by atoms with Gasteiger partial charge in [0.05, 0.1) is 17.5 Å². The van der Waals surface area contributed by atoms with E-state index < -0.39 is 58.9 Å². The number of fused-ring (bicyclic) bond motifs is 1. The lowest BCUT2D eigenvalue weighted by Gasteiger charge is -2.41. The van der Waals surface area contributed by atoms with Crippen LogP contribution in [0.15, 0.2) is 35.9 Å². The molecule has 12 heteroatoms.